The Bertz CT molecular complexity index is 1080. The summed E-state index contributed by atoms with van der Waals surface area (Å²) >= 11 is 0. The highest BCUT2D eigenvalue weighted by Gasteiger charge is 2.10. The van der Waals surface area contributed by atoms with Gasteiger partial charge in [-0.05, 0) is 23.6 Å². The van der Waals surface area contributed by atoms with Crippen LogP contribution in [0.5, 0.6) is 0 Å². The SMILES string of the molecule is CCc1cccc2cc3c(=O)ncn(Cc4ccccc4)c3nc12. The minimum atomic E-state index is -0.231. The Morgan fingerprint density at radius 1 is 1.04 bits per heavy atom. The minimum Gasteiger partial charge on any atom is -0.312 e. The minimum absolute atomic E-state index is 0.231. The van der Waals surface area contributed by atoms with Crippen molar-refractivity contribution in [1.82, 2.24) is 14.5 Å². The van der Waals surface area contributed by atoms with Gasteiger partial charge in [0.15, 0.2) is 0 Å². The van der Waals surface area contributed by atoms with Crippen molar-refractivity contribution < 1.29 is 0 Å². The van der Waals surface area contributed by atoms with Gasteiger partial charge in [0.2, 0.25) is 0 Å². The van der Waals surface area contributed by atoms with Crippen molar-refractivity contribution in [3.63, 3.8) is 0 Å². The number of aryl methyl sites for hydroxylation is 1. The third-order valence-corrected chi connectivity index (χ3v) is 4.30. The van der Waals surface area contributed by atoms with E-state index < -0.39 is 0 Å². The lowest BCUT2D eigenvalue weighted by Gasteiger charge is -2.11. The van der Waals surface area contributed by atoms with Crippen LogP contribution in [0.2, 0.25) is 0 Å². The molecule has 24 heavy (non-hydrogen) atoms. The lowest BCUT2D eigenvalue weighted by molar-refractivity contribution is 0.788. The molecule has 2 heterocycles. The van der Waals surface area contributed by atoms with Crippen LogP contribution in [0.4, 0.5) is 0 Å². The van der Waals surface area contributed by atoms with Crippen LogP contribution >= 0.6 is 0 Å². The first-order valence-corrected chi connectivity index (χ1v) is 8.08. The van der Waals surface area contributed by atoms with E-state index in [4.69, 9.17) is 4.98 Å². The molecule has 0 saturated carbocycles. The first kappa shape index (κ1) is 14.6. The summed E-state index contributed by atoms with van der Waals surface area (Å²) in [6.07, 6.45) is 2.49. The Kier molecular flexibility index (Phi) is 3.58. The Balaban J connectivity index is 1.99. The fraction of sp³-hybridized carbons (Fsp3) is 0.150. The largest absolute Gasteiger partial charge is 0.312 e. The number of benzene rings is 2. The number of hydrogen-bond donors (Lipinski definition) is 0. The smallest absolute Gasteiger partial charge is 0.282 e. The van der Waals surface area contributed by atoms with Crippen molar-refractivity contribution in [2.75, 3.05) is 0 Å². The van der Waals surface area contributed by atoms with Gasteiger partial charge in [0.05, 0.1) is 17.4 Å². The molecule has 0 aliphatic rings. The van der Waals surface area contributed by atoms with Gasteiger partial charge in [-0.15, -0.1) is 0 Å². The molecule has 0 aliphatic carbocycles. The highest BCUT2D eigenvalue weighted by molar-refractivity contribution is 5.92. The quantitative estimate of drug-likeness (QED) is 0.543. The number of nitrogens with zero attached hydrogens (tertiary/aromatic N) is 3. The average Bonchev–Trinajstić information content (AvgIpc) is 2.63. The second-order valence-corrected chi connectivity index (χ2v) is 5.87. The summed E-state index contributed by atoms with van der Waals surface area (Å²) < 4.78 is 1.94. The zero-order valence-corrected chi connectivity index (χ0v) is 13.4. The molecule has 0 N–H and O–H groups in total. The molecular formula is C20H17N3O. The number of pyridine rings is 1. The molecule has 4 aromatic rings. The summed E-state index contributed by atoms with van der Waals surface area (Å²) in [5, 5.41) is 1.55. The molecule has 0 radical (unpaired) electrons. The predicted octanol–water partition coefficient (Wildman–Crippen LogP) is 3.56. The molecule has 0 unspecified atom stereocenters. The average molecular weight is 315 g/mol. The van der Waals surface area contributed by atoms with Crippen molar-refractivity contribution in [3.8, 4) is 0 Å². The van der Waals surface area contributed by atoms with E-state index in [0.717, 1.165) is 22.9 Å². The lowest BCUT2D eigenvalue weighted by atomic mass is 10.1. The molecule has 0 atom stereocenters. The number of aromatic nitrogens is 3. The Morgan fingerprint density at radius 2 is 1.88 bits per heavy atom. The van der Waals surface area contributed by atoms with Crippen molar-refractivity contribution in [3.05, 3.63) is 82.4 Å². The second kappa shape index (κ2) is 5.89. The molecule has 118 valence electrons. The van der Waals surface area contributed by atoms with Gasteiger partial charge in [-0.3, -0.25) is 4.79 Å². The fourth-order valence-electron chi connectivity index (χ4n) is 3.05. The zero-order chi connectivity index (χ0) is 16.5. The molecule has 0 saturated heterocycles. The topological polar surface area (TPSA) is 47.8 Å². The number of fused-ring (bicyclic) bond motifs is 2. The Morgan fingerprint density at radius 3 is 2.67 bits per heavy atom. The molecule has 4 nitrogen and oxygen atoms in total. The predicted molar refractivity (Wildman–Crippen MR) is 96.2 cm³/mol. The molecule has 0 amide bonds. The van der Waals surface area contributed by atoms with Crippen LogP contribution in [0.15, 0.2) is 65.7 Å². The van der Waals surface area contributed by atoms with Gasteiger partial charge in [0.25, 0.3) is 5.56 Å². The summed E-state index contributed by atoms with van der Waals surface area (Å²) in [6.45, 7) is 2.75. The molecule has 2 aromatic heterocycles. The van der Waals surface area contributed by atoms with Gasteiger partial charge >= 0.3 is 0 Å². The summed E-state index contributed by atoms with van der Waals surface area (Å²) in [4.78, 5) is 21.1. The van der Waals surface area contributed by atoms with E-state index in [9.17, 15) is 4.79 Å². The van der Waals surface area contributed by atoms with E-state index in [1.807, 2.05) is 41.0 Å². The zero-order valence-electron chi connectivity index (χ0n) is 13.4. The molecule has 4 rings (SSSR count). The molecule has 0 aliphatic heterocycles. The van der Waals surface area contributed by atoms with E-state index in [0.29, 0.717) is 17.6 Å². The summed E-state index contributed by atoms with van der Waals surface area (Å²) in [7, 11) is 0. The molecular weight excluding hydrogens is 298 g/mol. The van der Waals surface area contributed by atoms with Gasteiger partial charge in [0.1, 0.15) is 12.0 Å². The highest BCUT2D eigenvalue weighted by Crippen LogP contribution is 2.21. The maximum atomic E-state index is 12.2. The van der Waals surface area contributed by atoms with Crippen LogP contribution in [0.3, 0.4) is 0 Å². The first-order chi connectivity index (χ1) is 11.8. The van der Waals surface area contributed by atoms with Crippen LogP contribution in [0, 0.1) is 0 Å². The number of rotatable bonds is 3. The first-order valence-electron chi connectivity index (χ1n) is 8.08. The maximum absolute atomic E-state index is 12.2. The van der Waals surface area contributed by atoms with E-state index in [2.05, 4.69) is 30.1 Å². The molecule has 2 aromatic carbocycles. The third-order valence-electron chi connectivity index (χ3n) is 4.30. The van der Waals surface area contributed by atoms with Gasteiger partial charge in [-0.25, -0.2) is 4.98 Å². The van der Waals surface area contributed by atoms with Crippen LogP contribution in [0.1, 0.15) is 18.1 Å². The van der Waals surface area contributed by atoms with E-state index in [-0.39, 0.29) is 5.56 Å². The summed E-state index contributed by atoms with van der Waals surface area (Å²) in [5.74, 6) is 0. The van der Waals surface area contributed by atoms with E-state index >= 15 is 0 Å². The normalized spacial score (nSPS) is 11.2. The van der Waals surface area contributed by atoms with Crippen LogP contribution in [-0.2, 0) is 13.0 Å². The summed E-state index contributed by atoms with van der Waals surface area (Å²) in [6, 6.07) is 18.1. The van der Waals surface area contributed by atoms with Crippen molar-refractivity contribution >= 4 is 21.9 Å². The van der Waals surface area contributed by atoms with Crippen LogP contribution in [-0.4, -0.2) is 14.5 Å². The van der Waals surface area contributed by atoms with Crippen LogP contribution < -0.4 is 5.56 Å². The monoisotopic (exact) mass is 315 g/mol. The molecule has 0 fully saturated rings. The second-order valence-electron chi connectivity index (χ2n) is 5.87. The van der Waals surface area contributed by atoms with E-state index in [1.54, 1.807) is 6.33 Å². The lowest BCUT2D eigenvalue weighted by Crippen LogP contribution is -2.14. The molecule has 0 spiro atoms. The number of para-hydroxylation sites is 1. The molecule has 0 bridgehead atoms. The Labute approximate surface area is 139 Å². The van der Waals surface area contributed by atoms with Crippen molar-refractivity contribution in [2.45, 2.75) is 19.9 Å². The highest BCUT2D eigenvalue weighted by atomic mass is 16.1. The van der Waals surface area contributed by atoms with Gasteiger partial charge < -0.3 is 4.57 Å². The molecule has 4 heteroatoms. The Hall–Kier alpha value is -3.01. The standard InChI is InChI=1S/C20H17N3O/c1-2-15-9-6-10-16-11-17-19(22-18(15)16)23(13-21-20(17)24)12-14-7-4-3-5-8-14/h3-11,13H,2,12H2,1H3. The summed E-state index contributed by atoms with van der Waals surface area (Å²) in [5.41, 5.74) is 3.75. The third kappa shape index (κ3) is 2.46. The van der Waals surface area contributed by atoms with E-state index in [1.165, 1.54) is 5.56 Å². The van der Waals surface area contributed by atoms with Gasteiger partial charge in [-0.2, -0.15) is 4.98 Å². The van der Waals surface area contributed by atoms with Crippen molar-refractivity contribution in [1.29, 1.82) is 0 Å². The van der Waals surface area contributed by atoms with Crippen molar-refractivity contribution in [2.24, 2.45) is 0 Å². The van der Waals surface area contributed by atoms with Gasteiger partial charge in [-0.1, -0.05) is 55.5 Å². The number of hydrogen-bond acceptors (Lipinski definition) is 3. The maximum Gasteiger partial charge on any atom is 0.282 e. The fourth-order valence-corrected chi connectivity index (χ4v) is 3.05. The van der Waals surface area contributed by atoms with Crippen LogP contribution in [0.25, 0.3) is 21.9 Å². The van der Waals surface area contributed by atoms with Gasteiger partial charge in [0, 0.05) is 5.39 Å².